The predicted octanol–water partition coefficient (Wildman–Crippen LogP) is 1.14. The van der Waals surface area contributed by atoms with Crippen molar-refractivity contribution in [3.05, 3.63) is 11.5 Å². The average Bonchev–Trinajstić information content (AvgIpc) is 3.47. The molecule has 34 heavy (non-hydrogen) atoms. The van der Waals surface area contributed by atoms with E-state index in [1.54, 1.807) is 6.20 Å². The lowest BCUT2D eigenvalue weighted by atomic mass is 10.2. The Morgan fingerprint density at radius 1 is 1.38 bits per heavy atom. The zero-order chi connectivity index (χ0) is 24.5. The first-order chi connectivity index (χ1) is 16.1. The van der Waals surface area contributed by atoms with E-state index >= 15 is 0 Å². The largest absolute Gasteiger partial charge is 0.388 e. The molecule has 2 aliphatic rings. The second-order valence-corrected chi connectivity index (χ2v) is 10.7. The van der Waals surface area contributed by atoms with Gasteiger partial charge >= 0.3 is 7.60 Å². The zero-order valence-electron chi connectivity index (χ0n) is 18.5. The number of aliphatic hydroxyl groups excluding tert-OH is 1. The molecule has 3 heterocycles. The highest BCUT2D eigenvalue weighted by atomic mass is 35.5. The Kier molecular flexibility index (Phi) is 7.72. The summed E-state index contributed by atoms with van der Waals surface area (Å²) in [7, 11) is -4.64. The van der Waals surface area contributed by atoms with Gasteiger partial charge in [-0.1, -0.05) is 12.8 Å². The molecule has 188 valence electrons. The standard InChI is InChI=1S/C19H28ClN6O7P/c1-10(27)21-8-15(34(29,30)31)32-9-12-6-14(28)18(33-12)26-17-13(7-22-26)16(24-19(20)25-17)23-11-4-2-3-5-11/h7,11-12,14-15,18,28H,2-6,8-9H2,1H3,(H,21,27)(H,23,24,25)(H2,29,30,31)/t12-,14+,15?,18+/m0/s1. The van der Waals surface area contributed by atoms with Gasteiger partial charge in [0, 0.05) is 19.4 Å². The molecule has 15 heteroatoms. The van der Waals surface area contributed by atoms with Crippen LogP contribution in [0.2, 0.25) is 5.28 Å². The van der Waals surface area contributed by atoms with Gasteiger partial charge in [-0.25, -0.2) is 4.68 Å². The number of fused-ring (bicyclic) bond motifs is 1. The molecular weight excluding hydrogens is 491 g/mol. The smallest absolute Gasteiger partial charge is 0.355 e. The Labute approximate surface area is 200 Å². The van der Waals surface area contributed by atoms with Crippen LogP contribution >= 0.6 is 19.2 Å². The minimum atomic E-state index is -4.64. The summed E-state index contributed by atoms with van der Waals surface area (Å²) in [6, 6.07) is 0.298. The van der Waals surface area contributed by atoms with Crippen molar-refractivity contribution in [1.82, 2.24) is 25.1 Å². The lowest BCUT2D eigenvalue weighted by Crippen LogP contribution is -2.34. The Hall–Kier alpha value is -1.86. The Balaban J connectivity index is 1.46. The van der Waals surface area contributed by atoms with Crippen molar-refractivity contribution in [3.8, 4) is 0 Å². The quantitative estimate of drug-likeness (QED) is 0.237. The van der Waals surface area contributed by atoms with Crippen LogP contribution in [0.15, 0.2) is 6.20 Å². The summed E-state index contributed by atoms with van der Waals surface area (Å²) in [5.74, 6) is -1.40. The second kappa shape index (κ2) is 10.4. The monoisotopic (exact) mass is 518 g/mol. The number of ether oxygens (including phenoxy) is 2. The molecule has 1 saturated heterocycles. The molecule has 0 aromatic carbocycles. The van der Waals surface area contributed by atoms with Crippen molar-refractivity contribution in [3.63, 3.8) is 0 Å². The number of halogens is 1. The molecule has 1 aliphatic carbocycles. The van der Waals surface area contributed by atoms with E-state index in [9.17, 15) is 24.3 Å². The number of rotatable bonds is 9. The van der Waals surface area contributed by atoms with Crippen molar-refractivity contribution in [2.75, 3.05) is 18.5 Å². The number of hydrogen-bond acceptors (Lipinski definition) is 9. The summed E-state index contributed by atoms with van der Waals surface area (Å²) < 4.78 is 24.3. The molecule has 2 fully saturated rings. The number of anilines is 1. The fraction of sp³-hybridized carbons (Fsp3) is 0.684. The fourth-order valence-corrected chi connectivity index (χ4v) is 5.01. The molecule has 1 saturated carbocycles. The minimum Gasteiger partial charge on any atom is -0.388 e. The maximum atomic E-state index is 11.7. The third kappa shape index (κ3) is 5.85. The van der Waals surface area contributed by atoms with Crippen LogP contribution in [0, 0.1) is 0 Å². The number of aromatic nitrogens is 4. The molecule has 0 spiro atoms. The molecule has 1 unspecified atom stereocenters. The van der Waals surface area contributed by atoms with E-state index in [-0.39, 0.29) is 24.9 Å². The molecule has 5 N–H and O–H groups in total. The van der Waals surface area contributed by atoms with Crippen LogP contribution in [-0.2, 0) is 18.8 Å². The number of carbonyl (C=O) groups is 1. The maximum Gasteiger partial charge on any atom is 0.355 e. The van der Waals surface area contributed by atoms with Gasteiger partial charge in [0.15, 0.2) is 17.7 Å². The van der Waals surface area contributed by atoms with E-state index in [0.29, 0.717) is 22.9 Å². The summed E-state index contributed by atoms with van der Waals surface area (Å²) in [4.78, 5) is 38.6. The molecule has 0 bridgehead atoms. The molecular formula is C19H28ClN6O7P. The first-order valence-electron chi connectivity index (χ1n) is 11.0. The summed E-state index contributed by atoms with van der Waals surface area (Å²) >= 11 is 6.16. The second-order valence-electron chi connectivity index (χ2n) is 8.56. The van der Waals surface area contributed by atoms with Crippen molar-refractivity contribution in [2.45, 2.75) is 69.4 Å². The minimum absolute atomic E-state index is 0.0320. The van der Waals surface area contributed by atoms with E-state index in [1.165, 1.54) is 11.6 Å². The van der Waals surface area contributed by atoms with Gasteiger partial charge in [0.25, 0.3) is 0 Å². The van der Waals surface area contributed by atoms with Crippen molar-refractivity contribution >= 4 is 42.0 Å². The lowest BCUT2D eigenvalue weighted by Gasteiger charge is -2.21. The van der Waals surface area contributed by atoms with E-state index in [2.05, 4.69) is 25.7 Å². The van der Waals surface area contributed by atoms with Crippen LogP contribution in [-0.4, -0.2) is 77.8 Å². The summed E-state index contributed by atoms with van der Waals surface area (Å²) in [6.45, 7) is 0.678. The van der Waals surface area contributed by atoms with Gasteiger partial charge in [-0.3, -0.25) is 9.36 Å². The molecule has 4 rings (SSSR count). The van der Waals surface area contributed by atoms with Crippen LogP contribution < -0.4 is 10.6 Å². The topological polar surface area (TPSA) is 181 Å². The van der Waals surface area contributed by atoms with Crippen LogP contribution in [0.1, 0.15) is 45.3 Å². The third-order valence-corrected chi connectivity index (χ3v) is 7.16. The van der Waals surface area contributed by atoms with E-state index in [4.69, 9.17) is 21.1 Å². The Bertz CT molecular complexity index is 1070. The first-order valence-corrected chi connectivity index (χ1v) is 13.1. The van der Waals surface area contributed by atoms with Gasteiger partial charge in [0.05, 0.1) is 30.8 Å². The summed E-state index contributed by atoms with van der Waals surface area (Å²) in [5.41, 5.74) is 0.393. The molecule has 2 aromatic rings. The number of carbonyl (C=O) groups excluding carboxylic acids is 1. The SMILES string of the molecule is CC(=O)NCC(OC[C@@H]1C[C@@H](O)[C@H](n2ncc3c(NC4CCCC4)nc(Cl)nc32)O1)P(=O)(O)O. The number of aliphatic hydroxyl groups is 1. The van der Waals surface area contributed by atoms with Gasteiger partial charge in [-0.2, -0.15) is 15.1 Å². The van der Waals surface area contributed by atoms with Crippen molar-refractivity contribution in [2.24, 2.45) is 0 Å². The van der Waals surface area contributed by atoms with Crippen LogP contribution in [0.4, 0.5) is 5.82 Å². The lowest BCUT2D eigenvalue weighted by molar-refractivity contribution is -0.119. The zero-order valence-corrected chi connectivity index (χ0v) is 20.2. The van der Waals surface area contributed by atoms with Gasteiger partial charge in [-0.05, 0) is 24.4 Å². The van der Waals surface area contributed by atoms with Gasteiger partial charge in [-0.15, -0.1) is 0 Å². The fourth-order valence-electron chi connectivity index (χ4n) is 4.24. The van der Waals surface area contributed by atoms with Gasteiger partial charge in [0.1, 0.15) is 11.9 Å². The maximum absolute atomic E-state index is 11.7. The third-order valence-electron chi connectivity index (χ3n) is 5.90. The molecule has 0 radical (unpaired) electrons. The van der Waals surface area contributed by atoms with E-state index < -0.39 is 37.8 Å². The highest BCUT2D eigenvalue weighted by Crippen LogP contribution is 2.42. The Morgan fingerprint density at radius 3 is 2.79 bits per heavy atom. The van der Waals surface area contributed by atoms with E-state index in [1.807, 2.05) is 0 Å². The van der Waals surface area contributed by atoms with Gasteiger partial charge in [0.2, 0.25) is 11.2 Å². The van der Waals surface area contributed by atoms with Crippen LogP contribution in [0.25, 0.3) is 11.0 Å². The highest BCUT2D eigenvalue weighted by molar-refractivity contribution is 7.52. The summed E-state index contributed by atoms with van der Waals surface area (Å²) in [5, 5.41) is 21.4. The average molecular weight is 519 g/mol. The van der Waals surface area contributed by atoms with Crippen LogP contribution in [0.3, 0.4) is 0 Å². The molecule has 13 nitrogen and oxygen atoms in total. The first kappa shape index (κ1) is 25.2. The Morgan fingerprint density at radius 2 is 2.12 bits per heavy atom. The number of amides is 1. The predicted molar refractivity (Wildman–Crippen MR) is 121 cm³/mol. The van der Waals surface area contributed by atoms with Crippen molar-refractivity contribution in [1.29, 1.82) is 0 Å². The van der Waals surface area contributed by atoms with Crippen LogP contribution in [0.5, 0.6) is 0 Å². The molecule has 1 aliphatic heterocycles. The molecule has 4 atom stereocenters. The normalized spacial score (nSPS) is 24.6. The molecule has 1 amide bonds. The molecule has 2 aromatic heterocycles. The van der Waals surface area contributed by atoms with Crippen molar-refractivity contribution < 1.29 is 33.7 Å². The summed E-state index contributed by atoms with van der Waals surface area (Å²) in [6.07, 6.45) is 3.57. The number of nitrogens with zero attached hydrogens (tertiary/aromatic N) is 4. The van der Waals surface area contributed by atoms with Gasteiger partial charge < -0.3 is 35.0 Å². The van der Waals surface area contributed by atoms with E-state index in [0.717, 1.165) is 25.7 Å². The highest BCUT2D eigenvalue weighted by Gasteiger charge is 2.39. The number of hydrogen-bond donors (Lipinski definition) is 5. The number of nitrogens with one attached hydrogen (secondary N) is 2.